The first kappa shape index (κ1) is 108. The molecule has 5 aliphatic carbocycles. The van der Waals surface area contributed by atoms with Gasteiger partial charge in [-0.1, -0.05) is 21.5 Å². The summed E-state index contributed by atoms with van der Waals surface area (Å²) in [4.78, 5) is 114. The van der Waals surface area contributed by atoms with E-state index in [-0.39, 0.29) is 93.7 Å². The first-order valence-electron chi connectivity index (χ1n) is 43.5. The first-order chi connectivity index (χ1) is 53.9. The van der Waals surface area contributed by atoms with Crippen molar-refractivity contribution in [3.05, 3.63) is 11.6 Å². The Morgan fingerprint density at radius 2 is 0.746 bits per heavy atom. The van der Waals surface area contributed by atoms with Crippen molar-refractivity contribution in [1.29, 1.82) is 0 Å². The Balaban J connectivity index is 0.000000479. The van der Waals surface area contributed by atoms with Crippen LogP contribution in [0.25, 0.3) is 0 Å². The molecule has 5 saturated carbocycles. The Labute approximate surface area is 732 Å². The van der Waals surface area contributed by atoms with E-state index in [4.69, 9.17) is 47.5 Å². The van der Waals surface area contributed by atoms with Crippen LogP contribution in [0.5, 0.6) is 0 Å². The number of likely N-dealkylation sites (tertiary alicyclic amines) is 5. The number of piperidine rings is 5. The fraction of sp³-hybridized carbons (Fsp3) is 0.875. The zero-order valence-electron chi connectivity index (χ0n) is 77.7. The van der Waals surface area contributed by atoms with Gasteiger partial charge in [0.2, 0.25) is 7.37 Å². The van der Waals surface area contributed by atoms with Crippen LogP contribution in [0.15, 0.2) is 11.6 Å². The Hall–Kier alpha value is -4.58. The van der Waals surface area contributed by atoms with Crippen LogP contribution >= 0.6 is 23.3 Å². The van der Waals surface area contributed by atoms with Crippen LogP contribution in [0.3, 0.4) is 0 Å². The molecule has 1 unspecified atom stereocenters. The number of amides is 5. The maximum absolute atomic E-state index is 12.1. The van der Waals surface area contributed by atoms with Crippen molar-refractivity contribution in [2.24, 2.45) is 44.8 Å². The third kappa shape index (κ3) is 38.7. The molecule has 11 fully saturated rings. The molecule has 6 aliphatic heterocycles. The number of hydrogen-bond acceptors (Lipinski definition) is 21. The van der Waals surface area contributed by atoms with Crippen molar-refractivity contribution in [1.82, 2.24) is 24.5 Å². The standard InChI is InChI=1S/C17H29NO4.C17H27NO4.C15H26BrNO2.C15H27NO3.C13H21NO3.C7H15O4P.C4H8O.B.Li.H/c2*1-5-21-14(19)10-13-11-17(12-13)6-8-18(9-7-17)15(20)22-16(2,3)4;1-14(2,3)19-13(18)17-8-5-15(6-9-17)10-12(11-15)4-7-16;1-14(2,3)19-13(18)16-7-5-15(6-8-16)10-12(11-15)4-9-17;1-12(2,3)17-11(16)14-6-4-13(5-7-14)8-10(15)9-13;1-4-10-7(8)6-12(3,9)11-5-2;1-2-4-5-3-1;;;/h13H,5-12H2,1-4H3;10H,5-9,11-12H2,1-4H3;12H,4-11H2,1-3H3;12,17H,4-11H2,1-3H3;4-9H2,1-3H3;4-6H2,1-3H3;1-4H2;;;/q;;;;;;;;+1;-1. The molecule has 1 N–H and O–H groups in total. The maximum atomic E-state index is 12.1. The van der Waals surface area contributed by atoms with Gasteiger partial charge in [-0.25, -0.2) is 28.8 Å². The molecule has 0 aromatic heterocycles. The average Bonchev–Trinajstić information content (AvgIpc) is 1.24. The number of hydrogen-bond donors (Lipinski definition) is 1. The zero-order valence-corrected chi connectivity index (χ0v) is 79.2. The van der Waals surface area contributed by atoms with Crippen LogP contribution in [0.1, 0.15) is 293 Å². The molecule has 3 radical (unpaired) electrons. The van der Waals surface area contributed by atoms with E-state index in [1.54, 1.807) is 29.7 Å². The van der Waals surface area contributed by atoms with Crippen molar-refractivity contribution in [2.75, 3.05) is 130 Å². The average molecular weight is 1750 g/mol. The fourth-order valence-corrected chi connectivity index (χ4v) is 19.5. The second-order valence-electron chi connectivity index (χ2n) is 39.7. The van der Waals surface area contributed by atoms with Crippen molar-refractivity contribution in [3.8, 4) is 0 Å². The Morgan fingerprint density at radius 3 is 1.01 bits per heavy atom. The maximum Gasteiger partial charge on any atom is 1.00 e. The summed E-state index contributed by atoms with van der Waals surface area (Å²) in [7, 11) is -2.75. The number of allylic oxidation sites excluding steroid dienone is 1. The quantitative estimate of drug-likeness (QED) is 0.0422. The summed E-state index contributed by atoms with van der Waals surface area (Å²) in [6, 6.07) is 0. The van der Waals surface area contributed by atoms with Gasteiger partial charge in [-0.3, -0.25) is 18.9 Å². The van der Waals surface area contributed by atoms with Gasteiger partial charge in [0.15, 0.2) is 0 Å². The van der Waals surface area contributed by atoms with Crippen LogP contribution in [0.2, 0.25) is 0 Å². The predicted octanol–water partition coefficient (Wildman–Crippen LogP) is 15.0. The van der Waals surface area contributed by atoms with Crippen LogP contribution in [-0.4, -0.2) is 250 Å². The van der Waals surface area contributed by atoms with Gasteiger partial charge in [0.1, 0.15) is 40.0 Å². The zero-order chi connectivity index (χ0) is 86.8. The first-order valence-corrected chi connectivity index (χ1v) is 46.9. The van der Waals surface area contributed by atoms with E-state index in [1.807, 2.05) is 132 Å². The SMILES string of the molecule is C1CCOC1.CC(C)(C)OC(=O)N1CCC2(CC1)CC(=O)C2.CC(C)(C)OC(=O)N1CCC2(CC1)CC(CCBr)C2.CC(C)(C)OC(=O)N1CCC2(CC1)CC(CCO)C2.CCOC(=O)C=C1CC2(CCN(C(=O)OC(C)(C)C)CC2)C1.CCOC(=O)CC1CC2(CCN(C(=O)OC(C)(C)C)CC2)C1.CCOC(=O)CP(C)(=O)OCC.[B].[H-].[Li+]. The number of aliphatic hydroxyl groups excluding tert-OH is 1. The number of carbonyl (C=O) groups is 9. The Morgan fingerprint density at radius 1 is 0.458 bits per heavy atom. The number of ketones is 1. The molecule has 26 nitrogen and oxygen atoms in total. The normalized spacial score (nSPS) is 21.7. The fourth-order valence-electron chi connectivity index (χ4n) is 17.6. The van der Waals surface area contributed by atoms with Crippen molar-refractivity contribution >= 4 is 85.9 Å². The molecule has 1 atom stereocenters. The molecule has 11 aliphatic rings. The summed E-state index contributed by atoms with van der Waals surface area (Å²) in [6.45, 7) is 48.7. The van der Waals surface area contributed by atoms with Gasteiger partial charge < -0.3 is 78.2 Å². The number of alkyl halides is 1. The Kier molecular flexibility index (Phi) is 43.8. The number of halogens is 1. The molecule has 6 heterocycles. The summed E-state index contributed by atoms with van der Waals surface area (Å²) in [6.07, 6.45) is 27.0. The van der Waals surface area contributed by atoms with Crippen LogP contribution in [-0.2, 0) is 70.9 Å². The molecule has 11 rings (SSSR count). The number of nitrogens with zero attached hydrogens (tertiary/aromatic N) is 5. The predicted molar refractivity (Wildman–Crippen MR) is 459 cm³/mol. The molecule has 0 aromatic carbocycles. The molecule has 673 valence electrons. The molecule has 6 saturated heterocycles. The van der Waals surface area contributed by atoms with Gasteiger partial charge in [0, 0.05) is 131 Å². The minimum absolute atomic E-state index is 0. The largest absolute Gasteiger partial charge is 1.00 e. The monoisotopic (exact) mass is 1750 g/mol. The van der Waals surface area contributed by atoms with Gasteiger partial charge in [0.05, 0.1) is 26.4 Å². The van der Waals surface area contributed by atoms with E-state index in [0.717, 1.165) is 199 Å². The second-order valence-corrected chi connectivity index (χ2v) is 43.1. The third-order valence-electron chi connectivity index (χ3n) is 23.4. The summed E-state index contributed by atoms with van der Waals surface area (Å²) in [5.74, 6) is 1.68. The molecule has 118 heavy (non-hydrogen) atoms. The summed E-state index contributed by atoms with van der Waals surface area (Å²) in [5.41, 5.74) is 0.901. The second kappa shape index (κ2) is 48.1. The summed E-state index contributed by atoms with van der Waals surface area (Å²) < 4.78 is 62.8. The number of rotatable bonds is 14. The van der Waals surface area contributed by atoms with Crippen LogP contribution < -0.4 is 18.9 Å². The summed E-state index contributed by atoms with van der Waals surface area (Å²) in [5, 5.41) is 10.1. The van der Waals surface area contributed by atoms with E-state index in [9.17, 15) is 47.7 Å². The molecule has 5 amide bonds. The smallest absolute Gasteiger partial charge is 1.00 e. The Bertz CT molecular complexity index is 3120. The number of aliphatic hydroxyl groups is 1. The number of esters is 3. The molecular weight excluding hydrogens is 1590 g/mol. The minimum Gasteiger partial charge on any atom is -1.00 e. The van der Waals surface area contributed by atoms with E-state index in [0.29, 0.717) is 73.3 Å². The molecule has 0 aromatic rings. The number of Topliss-reactive ketones (excluding diaryl/α,β-unsaturated/α-hetero) is 1. The molecule has 30 heteroatoms. The molecular formula is C88H154BBrLiN5O21P. The van der Waals surface area contributed by atoms with Crippen molar-refractivity contribution < 1.29 is 120 Å². The van der Waals surface area contributed by atoms with E-state index < -0.39 is 35.7 Å². The van der Waals surface area contributed by atoms with Gasteiger partial charge >= 0.3 is 67.2 Å². The van der Waals surface area contributed by atoms with Gasteiger partial charge in [-0.2, -0.15) is 0 Å². The van der Waals surface area contributed by atoms with E-state index in [1.165, 1.54) is 57.2 Å². The van der Waals surface area contributed by atoms with Crippen molar-refractivity contribution in [3.63, 3.8) is 0 Å². The van der Waals surface area contributed by atoms with Crippen LogP contribution in [0.4, 0.5) is 24.0 Å². The van der Waals surface area contributed by atoms with Gasteiger partial charge in [-0.05, 0) is 318 Å². The molecule has 5 spiro atoms. The van der Waals surface area contributed by atoms with E-state index in [2.05, 4.69) is 20.7 Å². The number of ether oxygens (including phenoxy) is 9. The minimum atomic E-state index is -2.75. The van der Waals surface area contributed by atoms with Crippen LogP contribution in [0, 0.1) is 44.8 Å². The van der Waals surface area contributed by atoms with Gasteiger partial charge in [-0.15, -0.1) is 0 Å². The molecule has 0 bridgehead atoms. The van der Waals surface area contributed by atoms with E-state index >= 15 is 0 Å². The van der Waals surface area contributed by atoms with Gasteiger partial charge in [0.25, 0.3) is 0 Å². The summed E-state index contributed by atoms with van der Waals surface area (Å²) >= 11 is 3.52. The van der Waals surface area contributed by atoms with Crippen molar-refractivity contribution in [2.45, 2.75) is 320 Å². The topological polar surface area (TPSA) is 299 Å². The number of carbonyl (C=O) groups excluding carboxylic acids is 9. The third-order valence-corrected chi connectivity index (χ3v) is 25.5.